The fourth-order valence-corrected chi connectivity index (χ4v) is 3.12. The number of hydrogen-bond donors (Lipinski definition) is 1. The number of nitrogens with zero attached hydrogens (tertiary/aromatic N) is 2. The molecule has 3 rings (SSSR count). The summed E-state index contributed by atoms with van der Waals surface area (Å²) in [6.07, 6.45) is 0.251. The second kappa shape index (κ2) is 7.27. The van der Waals surface area contributed by atoms with E-state index in [1.165, 1.54) is 11.3 Å². The summed E-state index contributed by atoms with van der Waals surface area (Å²) in [7, 11) is 0. The van der Waals surface area contributed by atoms with Crippen LogP contribution in [-0.2, 0) is 17.8 Å². The minimum Gasteiger partial charge on any atom is -0.486 e. The molecule has 0 atom stereocenters. The number of anilines is 1. The number of amides is 1. The van der Waals surface area contributed by atoms with Gasteiger partial charge in [0, 0.05) is 10.9 Å². The first-order chi connectivity index (χ1) is 11.6. The third kappa shape index (κ3) is 4.20. The Bertz CT molecular complexity index is 827. The van der Waals surface area contributed by atoms with Gasteiger partial charge in [0.1, 0.15) is 23.1 Å². The fourth-order valence-electron chi connectivity index (χ4n) is 2.13. The predicted molar refractivity (Wildman–Crippen MR) is 91.2 cm³/mol. The molecule has 124 valence electrons. The van der Waals surface area contributed by atoms with E-state index in [4.69, 9.17) is 9.26 Å². The van der Waals surface area contributed by atoms with Gasteiger partial charge in [0.15, 0.2) is 5.82 Å². The van der Waals surface area contributed by atoms with Crippen molar-refractivity contribution in [2.24, 2.45) is 0 Å². The Morgan fingerprint density at radius 3 is 2.79 bits per heavy atom. The van der Waals surface area contributed by atoms with Crippen molar-refractivity contribution < 1.29 is 14.1 Å². The van der Waals surface area contributed by atoms with Crippen LogP contribution >= 0.6 is 11.3 Å². The zero-order chi connectivity index (χ0) is 16.9. The van der Waals surface area contributed by atoms with E-state index in [9.17, 15) is 4.79 Å². The van der Waals surface area contributed by atoms with Crippen LogP contribution in [0.4, 0.5) is 5.82 Å². The third-order valence-electron chi connectivity index (χ3n) is 3.26. The number of aromatic nitrogens is 2. The molecular formula is C17H17N3O3S. The minimum absolute atomic E-state index is 0.148. The quantitative estimate of drug-likeness (QED) is 0.741. The smallest absolute Gasteiger partial charge is 0.230 e. The van der Waals surface area contributed by atoms with Crippen molar-refractivity contribution in [1.29, 1.82) is 0 Å². The first kappa shape index (κ1) is 16.2. The van der Waals surface area contributed by atoms with Crippen LogP contribution < -0.4 is 10.1 Å². The normalized spacial score (nSPS) is 10.6. The maximum absolute atomic E-state index is 12.1. The summed E-state index contributed by atoms with van der Waals surface area (Å²) >= 11 is 1.48. The Kier molecular flexibility index (Phi) is 4.90. The summed E-state index contributed by atoms with van der Waals surface area (Å²) in [5, 5.41) is 7.30. The number of benzene rings is 1. The lowest BCUT2D eigenvalue weighted by Crippen LogP contribution is -2.14. The summed E-state index contributed by atoms with van der Waals surface area (Å²) in [5.74, 6) is 1.73. The van der Waals surface area contributed by atoms with E-state index in [1.54, 1.807) is 13.0 Å². The van der Waals surface area contributed by atoms with Gasteiger partial charge in [-0.25, -0.2) is 4.98 Å². The molecule has 7 heteroatoms. The number of nitrogens with one attached hydrogen (secondary N) is 1. The maximum atomic E-state index is 12.1. The Morgan fingerprint density at radius 1 is 1.29 bits per heavy atom. The summed E-state index contributed by atoms with van der Waals surface area (Å²) in [5.41, 5.74) is 0.846. The molecule has 0 saturated carbocycles. The average Bonchev–Trinajstić information content (AvgIpc) is 3.12. The molecule has 0 radical (unpaired) electrons. The molecule has 1 amide bonds. The molecule has 2 heterocycles. The number of para-hydroxylation sites is 1. The molecular weight excluding hydrogens is 326 g/mol. The van der Waals surface area contributed by atoms with Crippen molar-refractivity contribution >= 4 is 23.1 Å². The predicted octanol–water partition coefficient (Wildman–Crippen LogP) is 3.51. The highest BCUT2D eigenvalue weighted by Gasteiger charge is 2.13. The van der Waals surface area contributed by atoms with Crippen molar-refractivity contribution in [2.45, 2.75) is 26.9 Å². The third-order valence-corrected chi connectivity index (χ3v) is 4.39. The van der Waals surface area contributed by atoms with Crippen molar-refractivity contribution in [3.63, 3.8) is 0 Å². The van der Waals surface area contributed by atoms with E-state index in [-0.39, 0.29) is 12.3 Å². The number of rotatable bonds is 6. The summed E-state index contributed by atoms with van der Waals surface area (Å²) in [4.78, 5) is 17.5. The number of carbonyl (C=O) groups is 1. The SMILES string of the molecule is Cc1cc(NC(=O)Cc2sc(COc3ccccc3)nc2C)no1. The highest BCUT2D eigenvalue weighted by molar-refractivity contribution is 7.11. The summed E-state index contributed by atoms with van der Waals surface area (Å²) < 4.78 is 10.6. The van der Waals surface area contributed by atoms with Crippen molar-refractivity contribution in [1.82, 2.24) is 10.1 Å². The molecule has 2 aromatic heterocycles. The van der Waals surface area contributed by atoms with Gasteiger partial charge in [-0.2, -0.15) is 0 Å². The second-order valence-corrected chi connectivity index (χ2v) is 6.43. The molecule has 0 aliphatic heterocycles. The average molecular weight is 343 g/mol. The van der Waals surface area contributed by atoms with E-state index < -0.39 is 0 Å². The van der Waals surface area contributed by atoms with Crippen LogP contribution in [0, 0.1) is 13.8 Å². The zero-order valence-corrected chi connectivity index (χ0v) is 14.2. The molecule has 24 heavy (non-hydrogen) atoms. The Balaban J connectivity index is 1.58. The van der Waals surface area contributed by atoms with Gasteiger partial charge in [-0.3, -0.25) is 4.79 Å². The molecule has 0 spiro atoms. The van der Waals surface area contributed by atoms with Gasteiger partial charge in [0.05, 0.1) is 12.1 Å². The lowest BCUT2D eigenvalue weighted by Gasteiger charge is -2.02. The molecule has 6 nitrogen and oxygen atoms in total. The van der Waals surface area contributed by atoms with Crippen LogP contribution in [0.3, 0.4) is 0 Å². The highest BCUT2D eigenvalue weighted by Crippen LogP contribution is 2.21. The number of hydrogen-bond acceptors (Lipinski definition) is 6. The lowest BCUT2D eigenvalue weighted by molar-refractivity contribution is -0.115. The largest absolute Gasteiger partial charge is 0.486 e. The summed E-state index contributed by atoms with van der Waals surface area (Å²) in [6, 6.07) is 11.3. The van der Waals surface area contributed by atoms with Crippen LogP contribution in [0.1, 0.15) is 21.3 Å². The van der Waals surface area contributed by atoms with Gasteiger partial charge in [0.2, 0.25) is 5.91 Å². The van der Waals surface area contributed by atoms with Gasteiger partial charge in [0.25, 0.3) is 0 Å². The monoisotopic (exact) mass is 343 g/mol. The summed E-state index contributed by atoms with van der Waals surface area (Å²) in [6.45, 7) is 4.06. The minimum atomic E-state index is -0.148. The molecule has 0 aliphatic carbocycles. The topological polar surface area (TPSA) is 77.2 Å². The Morgan fingerprint density at radius 2 is 2.08 bits per heavy atom. The first-order valence-electron chi connectivity index (χ1n) is 7.46. The van der Waals surface area contributed by atoms with Gasteiger partial charge >= 0.3 is 0 Å². The Hall–Kier alpha value is -2.67. The molecule has 1 N–H and O–H groups in total. The molecule has 0 aliphatic rings. The van der Waals surface area contributed by atoms with E-state index in [2.05, 4.69) is 15.5 Å². The van der Waals surface area contributed by atoms with E-state index in [0.29, 0.717) is 18.2 Å². The number of carbonyl (C=O) groups excluding carboxylic acids is 1. The fraction of sp³-hybridized carbons (Fsp3) is 0.235. The molecule has 1 aromatic carbocycles. The standard InChI is InChI=1S/C17H17N3O3S/c1-11-8-15(20-23-11)19-16(21)9-14-12(2)18-17(24-14)10-22-13-6-4-3-5-7-13/h3-8H,9-10H2,1-2H3,(H,19,20,21). The van der Waals surface area contributed by atoms with Gasteiger partial charge < -0.3 is 14.6 Å². The van der Waals surface area contributed by atoms with Crippen LogP contribution in [0.15, 0.2) is 40.9 Å². The zero-order valence-electron chi connectivity index (χ0n) is 13.4. The van der Waals surface area contributed by atoms with E-state index >= 15 is 0 Å². The van der Waals surface area contributed by atoms with Crippen LogP contribution in [-0.4, -0.2) is 16.0 Å². The van der Waals surface area contributed by atoms with Crippen LogP contribution in [0.2, 0.25) is 0 Å². The molecule has 0 unspecified atom stereocenters. The van der Waals surface area contributed by atoms with Gasteiger partial charge in [-0.1, -0.05) is 23.4 Å². The number of thiazole rings is 1. The lowest BCUT2D eigenvalue weighted by atomic mass is 10.3. The van der Waals surface area contributed by atoms with Crippen molar-refractivity contribution in [2.75, 3.05) is 5.32 Å². The van der Waals surface area contributed by atoms with Crippen LogP contribution in [0.25, 0.3) is 0 Å². The van der Waals surface area contributed by atoms with E-state index in [1.807, 2.05) is 37.3 Å². The van der Waals surface area contributed by atoms with Gasteiger partial charge in [-0.15, -0.1) is 11.3 Å². The number of aryl methyl sites for hydroxylation is 2. The molecule has 0 saturated heterocycles. The Labute approximate surface area is 143 Å². The van der Waals surface area contributed by atoms with Crippen LogP contribution in [0.5, 0.6) is 5.75 Å². The molecule has 0 bridgehead atoms. The molecule has 3 aromatic rings. The second-order valence-electron chi connectivity index (χ2n) is 5.27. The number of ether oxygens (including phenoxy) is 1. The highest BCUT2D eigenvalue weighted by atomic mass is 32.1. The van der Waals surface area contributed by atoms with Crippen molar-refractivity contribution in [3.8, 4) is 5.75 Å². The first-order valence-corrected chi connectivity index (χ1v) is 8.28. The maximum Gasteiger partial charge on any atom is 0.230 e. The van der Waals surface area contributed by atoms with E-state index in [0.717, 1.165) is 21.3 Å². The van der Waals surface area contributed by atoms with Crippen molar-refractivity contribution in [3.05, 3.63) is 57.7 Å². The van der Waals surface area contributed by atoms with Gasteiger partial charge in [-0.05, 0) is 26.0 Å². The molecule has 0 fully saturated rings.